The van der Waals surface area contributed by atoms with Crippen LogP contribution in [-0.4, -0.2) is 4.57 Å². The van der Waals surface area contributed by atoms with E-state index < -0.39 is 0 Å². The van der Waals surface area contributed by atoms with Gasteiger partial charge in [0.1, 0.15) is 5.82 Å². The maximum absolute atomic E-state index is 13.3. The summed E-state index contributed by atoms with van der Waals surface area (Å²) in [5, 5.41) is 1.22. The lowest BCUT2D eigenvalue weighted by atomic mass is 9.99. The van der Waals surface area contributed by atoms with Gasteiger partial charge in [-0.25, -0.2) is 4.39 Å². The minimum absolute atomic E-state index is 0.229. The van der Waals surface area contributed by atoms with Gasteiger partial charge in [0.2, 0.25) is 0 Å². The predicted octanol–water partition coefficient (Wildman–Crippen LogP) is 8.01. The molecule has 0 radical (unpaired) electrons. The van der Waals surface area contributed by atoms with Gasteiger partial charge in [0.05, 0.1) is 14.6 Å². The zero-order valence-electron chi connectivity index (χ0n) is 14.9. The van der Waals surface area contributed by atoms with Crippen molar-refractivity contribution < 1.29 is 4.39 Å². The first-order chi connectivity index (χ1) is 12.0. The van der Waals surface area contributed by atoms with E-state index in [-0.39, 0.29) is 5.82 Å². The Morgan fingerprint density at radius 3 is 2.16 bits per heavy atom. The summed E-state index contributed by atoms with van der Waals surface area (Å²) in [6.07, 6.45) is 2.05. The van der Waals surface area contributed by atoms with Crippen molar-refractivity contribution in [2.24, 2.45) is 0 Å². The maximum Gasteiger partial charge on any atom is 0.123 e. The molecule has 0 aliphatic carbocycles. The van der Waals surface area contributed by atoms with Crippen LogP contribution in [0.15, 0.2) is 51.9 Å². The Balaban J connectivity index is 0.00000109. The van der Waals surface area contributed by atoms with Gasteiger partial charge in [0.25, 0.3) is 0 Å². The lowest BCUT2D eigenvalue weighted by Crippen LogP contribution is -1.99. The molecule has 0 fully saturated rings. The fraction of sp³-hybridized carbons (Fsp3) is 0.238. The molecule has 0 saturated heterocycles. The molecule has 0 spiro atoms. The van der Waals surface area contributed by atoms with Gasteiger partial charge in [-0.15, -0.1) is 0 Å². The van der Waals surface area contributed by atoms with Crippen molar-refractivity contribution in [3.63, 3.8) is 0 Å². The van der Waals surface area contributed by atoms with Gasteiger partial charge in [-0.3, -0.25) is 0 Å². The maximum atomic E-state index is 13.3. The van der Waals surface area contributed by atoms with Crippen LogP contribution in [0.4, 0.5) is 4.39 Å². The molecule has 4 heteroatoms. The smallest absolute Gasteiger partial charge is 0.123 e. The lowest BCUT2D eigenvalue weighted by Gasteiger charge is -2.11. The molecule has 1 aromatic heterocycles. The number of para-hydroxylation sites is 1. The number of halogens is 3. The molecule has 25 heavy (non-hydrogen) atoms. The number of fused-ring (bicyclic) bond motifs is 1. The van der Waals surface area contributed by atoms with E-state index in [1.165, 1.54) is 23.1 Å². The van der Waals surface area contributed by atoms with Crippen molar-refractivity contribution in [3.05, 3.63) is 69.0 Å². The van der Waals surface area contributed by atoms with Crippen LogP contribution in [-0.2, 0) is 0 Å². The Bertz CT molecular complexity index is 873. The van der Waals surface area contributed by atoms with Crippen LogP contribution >= 0.6 is 31.9 Å². The van der Waals surface area contributed by atoms with Gasteiger partial charge in [-0.2, -0.15) is 0 Å². The summed E-state index contributed by atoms with van der Waals surface area (Å²) in [6, 6.07) is 14.9. The fourth-order valence-electron chi connectivity index (χ4n) is 3.01. The van der Waals surface area contributed by atoms with E-state index >= 15 is 0 Å². The lowest BCUT2D eigenvalue weighted by molar-refractivity contribution is 0.627. The number of aromatic nitrogens is 1. The van der Waals surface area contributed by atoms with Crippen molar-refractivity contribution in [2.45, 2.75) is 33.6 Å². The molecule has 0 aliphatic rings. The number of benzene rings is 2. The number of rotatable bonds is 3. The van der Waals surface area contributed by atoms with Crippen molar-refractivity contribution in [3.8, 4) is 5.69 Å². The first-order valence-electron chi connectivity index (χ1n) is 8.41. The molecule has 0 saturated carbocycles. The zero-order chi connectivity index (χ0) is 18.6. The fourth-order valence-corrected chi connectivity index (χ4v) is 3.44. The van der Waals surface area contributed by atoms with Crippen LogP contribution in [0.25, 0.3) is 22.7 Å². The Hall–Kier alpha value is -1.39. The monoisotopic (exact) mass is 465 g/mol. The molecule has 0 aliphatic heterocycles. The van der Waals surface area contributed by atoms with E-state index in [1.807, 2.05) is 32.0 Å². The van der Waals surface area contributed by atoms with Gasteiger partial charge in [0, 0.05) is 11.1 Å². The molecule has 2 aromatic carbocycles. The molecular formula is C21H22Br2FN. The van der Waals surface area contributed by atoms with Crippen molar-refractivity contribution >= 4 is 48.8 Å². The average Bonchev–Trinajstić information content (AvgIpc) is 2.90. The molecule has 0 amide bonds. The largest absolute Gasteiger partial charge is 0.310 e. The van der Waals surface area contributed by atoms with Gasteiger partial charge in [-0.1, -0.05) is 45.9 Å². The topological polar surface area (TPSA) is 4.93 Å². The summed E-state index contributed by atoms with van der Waals surface area (Å²) < 4.78 is 16.4. The highest BCUT2D eigenvalue weighted by atomic mass is 79.9. The molecule has 1 nitrogen and oxygen atoms in total. The van der Waals surface area contributed by atoms with Crippen LogP contribution in [0.2, 0.25) is 0 Å². The van der Waals surface area contributed by atoms with E-state index in [0.29, 0.717) is 5.92 Å². The third kappa shape index (κ3) is 4.24. The Morgan fingerprint density at radius 1 is 1.00 bits per heavy atom. The molecule has 0 N–H and O–H groups in total. The molecule has 0 atom stereocenters. The summed E-state index contributed by atoms with van der Waals surface area (Å²) in [4.78, 5) is 0. The third-order valence-electron chi connectivity index (χ3n) is 3.86. The summed E-state index contributed by atoms with van der Waals surface area (Å²) in [7, 11) is 0. The van der Waals surface area contributed by atoms with Gasteiger partial charge < -0.3 is 4.57 Å². The van der Waals surface area contributed by atoms with Gasteiger partial charge >= 0.3 is 0 Å². The molecule has 3 rings (SSSR count). The second-order valence-electron chi connectivity index (χ2n) is 5.72. The van der Waals surface area contributed by atoms with Crippen LogP contribution in [0, 0.1) is 5.82 Å². The average molecular weight is 467 g/mol. The minimum atomic E-state index is -0.229. The normalized spacial score (nSPS) is 10.6. The van der Waals surface area contributed by atoms with Crippen molar-refractivity contribution in [1.82, 2.24) is 4.57 Å². The quantitative estimate of drug-likeness (QED) is 0.368. The first-order valence-corrected chi connectivity index (χ1v) is 9.99. The van der Waals surface area contributed by atoms with Crippen molar-refractivity contribution in [1.29, 1.82) is 0 Å². The number of nitrogens with zero attached hydrogens (tertiary/aromatic N) is 1. The first kappa shape index (κ1) is 19.9. The summed E-state index contributed by atoms with van der Waals surface area (Å²) in [6.45, 7) is 8.38. The highest BCUT2D eigenvalue weighted by Gasteiger charge is 2.19. The second kappa shape index (κ2) is 8.81. The Morgan fingerprint density at radius 2 is 1.60 bits per heavy atom. The van der Waals surface area contributed by atoms with E-state index in [9.17, 15) is 4.39 Å². The van der Waals surface area contributed by atoms with Crippen LogP contribution in [0.3, 0.4) is 0 Å². The van der Waals surface area contributed by atoms with E-state index in [1.54, 1.807) is 0 Å². The molecule has 132 valence electrons. The van der Waals surface area contributed by atoms with E-state index in [0.717, 1.165) is 20.3 Å². The van der Waals surface area contributed by atoms with Crippen LogP contribution in [0.1, 0.15) is 44.9 Å². The zero-order valence-corrected chi connectivity index (χ0v) is 18.0. The molecular weight excluding hydrogens is 445 g/mol. The SMILES string of the molecule is CC.CC(C)c1c(C=C(Br)Br)n(-c2ccc(F)cc2)c2ccccc12. The van der Waals surface area contributed by atoms with E-state index in [4.69, 9.17) is 0 Å². The predicted molar refractivity (Wildman–Crippen MR) is 115 cm³/mol. The number of hydrogen-bond acceptors (Lipinski definition) is 0. The van der Waals surface area contributed by atoms with Crippen LogP contribution in [0.5, 0.6) is 0 Å². The summed E-state index contributed by atoms with van der Waals surface area (Å²) >= 11 is 6.95. The molecule has 1 heterocycles. The molecule has 3 aromatic rings. The third-order valence-corrected chi connectivity index (χ3v) is 4.32. The highest BCUT2D eigenvalue weighted by Crippen LogP contribution is 2.36. The molecule has 0 unspecified atom stereocenters. The second-order valence-corrected chi connectivity index (χ2v) is 8.49. The number of hydrogen-bond donors (Lipinski definition) is 0. The standard InChI is InChI=1S/C19H16Br2FN.C2H6/c1-12(2)19-15-5-3-4-6-16(15)23(17(19)11-18(20)21)14-9-7-13(22)8-10-14;1-2/h3-12H,1-2H3;1-2H3. The minimum Gasteiger partial charge on any atom is -0.310 e. The van der Waals surface area contributed by atoms with Crippen LogP contribution < -0.4 is 0 Å². The van der Waals surface area contributed by atoms with Gasteiger partial charge in [0.15, 0.2) is 0 Å². The Labute approximate surface area is 165 Å². The summed E-state index contributed by atoms with van der Waals surface area (Å²) in [5.41, 5.74) is 4.44. The molecule has 0 bridgehead atoms. The highest BCUT2D eigenvalue weighted by molar-refractivity contribution is 9.28. The van der Waals surface area contributed by atoms with Crippen molar-refractivity contribution in [2.75, 3.05) is 0 Å². The van der Waals surface area contributed by atoms with Gasteiger partial charge in [-0.05, 0) is 79.7 Å². The Kier molecular flexibility index (Phi) is 7.03. The van der Waals surface area contributed by atoms with E-state index in [2.05, 4.69) is 74.5 Å². The summed E-state index contributed by atoms with van der Waals surface area (Å²) in [5.74, 6) is 0.139.